The van der Waals surface area contributed by atoms with Crippen molar-refractivity contribution in [2.24, 2.45) is 5.92 Å². The lowest BCUT2D eigenvalue weighted by Gasteiger charge is -2.30. The molecule has 1 N–H and O–H groups in total. The van der Waals surface area contributed by atoms with E-state index in [9.17, 15) is 0 Å². The van der Waals surface area contributed by atoms with Crippen molar-refractivity contribution in [2.45, 2.75) is 19.8 Å². The van der Waals surface area contributed by atoms with Crippen molar-refractivity contribution in [3.05, 3.63) is 29.8 Å². The molecule has 0 saturated carbocycles. The second-order valence-electron chi connectivity index (χ2n) is 5.38. The fraction of sp³-hybridized carbons (Fsp3) is 0.529. The number of likely N-dealkylation sites (tertiary alicyclic amines) is 1. The number of piperidine rings is 1. The van der Waals surface area contributed by atoms with Gasteiger partial charge in [-0.1, -0.05) is 24.8 Å². The fourth-order valence-electron chi connectivity index (χ4n) is 2.59. The summed E-state index contributed by atoms with van der Waals surface area (Å²) in [6, 6.07) is 7.71. The second-order valence-corrected chi connectivity index (χ2v) is 5.38. The van der Waals surface area contributed by atoms with Crippen molar-refractivity contribution in [3.63, 3.8) is 0 Å². The molecule has 1 saturated heterocycles. The molecule has 0 amide bonds. The summed E-state index contributed by atoms with van der Waals surface area (Å²) in [6.07, 6.45) is 2.65. The highest BCUT2D eigenvalue weighted by Gasteiger charge is 2.15. The van der Waals surface area contributed by atoms with E-state index in [-0.39, 0.29) is 6.61 Å². The molecule has 1 aliphatic rings. The molecule has 0 aromatic heterocycles. The predicted molar refractivity (Wildman–Crippen MR) is 80.7 cm³/mol. The van der Waals surface area contributed by atoms with Crippen LogP contribution in [-0.2, 0) is 0 Å². The number of aliphatic hydroxyl groups excluding tert-OH is 1. The van der Waals surface area contributed by atoms with E-state index in [0.717, 1.165) is 23.8 Å². The first-order valence-electron chi connectivity index (χ1n) is 7.33. The molecule has 20 heavy (non-hydrogen) atoms. The van der Waals surface area contributed by atoms with E-state index in [0.29, 0.717) is 6.61 Å². The summed E-state index contributed by atoms with van der Waals surface area (Å²) < 4.78 is 5.79. The molecular weight excluding hydrogens is 250 g/mol. The summed E-state index contributed by atoms with van der Waals surface area (Å²) in [5.74, 6) is 7.19. The molecule has 3 heteroatoms. The average molecular weight is 273 g/mol. The van der Waals surface area contributed by atoms with E-state index in [1.165, 1.54) is 25.9 Å². The van der Waals surface area contributed by atoms with E-state index < -0.39 is 0 Å². The Balaban J connectivity index is 1.79. The minimum absolute atomic E-state index is 0.113. The van der Waals surface area contributed by atoms with Gasteiger partial charge in [-0.2, -0.15) is 0 Å². The summed E-state index contributed by atoms with van der Waals surface area (Å²) in [4.78, 5) is 2.48. The first-order chi connectivity index (χ1) is 9.78. The molecule has 1 unspecified atom stereocenters. The van der Waals surface area contributed by atoms with Crippen LogP contribution in [0.2, 0.25) is 0 Å². The van der Waals surface area contributed by atoms with Gasteiger partial charge in [-0.3, -0.25) is 4.90 Å². The summed E-state index contributed by atoms with van der Waals surface area (Å²) >= 11 is 0. The summed E-state index contributed by atoms with van der Waals surface area (Å²) in [5, 5.41) is 8.69. The lowest BCUT2D eigenvalue weighted by molar-refractivity contribution is 0.153. The van der Waals surface area contributed by atoms with Crippen molar-refractivity contribution in [2.75, 3.05) is 32.8 Å². The zero-order valence-corrected chi connectivity index (χ0v) is 12.1. The van der Waals surface area contributed by atoms with Crippen molar-refractivity contribution in [1.82, 2.24) is 4.90 Å². The minimum atomic E-state index is -0.113. The van der Waals surface area contributed by atoms with Crippen LogP contribution in [0.5, 0.6) is 5.75 Å². The number of hydrogen-bond donors (Lipinski definition) is 1. The van der Waals surface area contributed by atoms with Crippen LogP contribution < -0.4 is 4.74 Å². The minimum Gasteiger partial charge on any atom is -0.492 e. The maximum atomic E-state index is 8.69. The quantitative estimate of drug-likeness (QED) is 0.853. The van der Waals surface area contributed by atoms with E-state index in [1.54, 1.807) is 0 Å². The lowest BCUT2D eigenvalue weighted by Crippen LogP contribution is -2.37. The number of ether oxygens (including phenoxy) is 1. The van der Waals surface area contributed by atoms with E-state index >= 15 is 0 Å². The number of benzene rings is 1. The highest BCUT2D eigenvalue weighted by molar-refractivity contribution is 5.39. The Labute approximate surface area is 121 Å². The highest BCUT2D eigenvalue weighted by atomic mass is 16.5. The molecule has 1 aliphatic heterocycles. The lowest BCUT2D eigenvalue weighted by atomic mass is 10.0. The maximum Gasteiger partial charge on any atom is 0.120 e. The SMILES string of the molecule is CC1CCCN(CCOc2cccc(C#CCO)c2)C1. The van der Waals surface area contributed by atoms with Crippen LogP contribution in [0, 0.1) is 17.8 Å². The largest absolute Gasteiger partial charge is 0.492 e. The van der Waals surface area contributed by atoms with Crippen LogP contribution >= 0.6 is 0 Å². The molecular formula is C17H23NO2. The molecule has 0 spiro atoms. The molecule has 1 aromatic rings. The van der Waals surface area contributed by atoms with Crippen LogP contribution in [0.3, 0.4) is 0 Å². The number of rotatable bonds is 4. The summed E-state index contributed by atoms with van der Waals surface area (Å²) in [7, 11) is 0. The zero-order valence-electron chi connectivity index (χ0n) is 12.1. The van der Waals surface area contributed by atoms with Gasteiger partial charge in [0.15, 0.2) is 0 Å². The van der Waals surface area contributed by atoms with Crippen LogP contribution in [0.1, 0.15) is 25.3 Å². The molecule has 1 heterocycles. The van der Waals surface area contributed by atoms with Crippen LogP contribution in [0.25, 0.3) is 0 Å². The normalized spacial score (nSPS) is 19.2. The molecule has 0 aliphatic carbocycles. The smallest absolute Gasteiger partial charge is 0.120 e. The Morgan fingerprint density at radius 3 is 3.15 bits per heavy atom. The van der Waals surface area contributed by atoms with Gasteiger partial charge in [-0.15, -0.1) is 0 Å². The Bertz CT molecular complexity index is 475. The van der Waals surface area contributed by atoms with Gasteiger partial charge in [0.1, 0.15) is 19.0 Å². The van der Waals surface area contributed by atoms with Gasteiger partial charge >= 0.3 is 0 Å². The zero-order chi connectivity index (χ0) is 14.2. The van der Waals surface area contributed by atoms with Gasteiger partial charge in [-0.25, -0.2) is 0 Å². The first kappa shape index (κ1) is 14.9. The van der Waals surface area contributed by atoms with E-state index in [1.807, 2.05) is 24.3 Å². The molecule has 3 nitrogen and oxygen atoms in total. The molecule has 1 fully saturated rings. The molecule has 0 bridgehead atoms. The Morgan fingerprint density at radius 2 is 2.35 bits per heavy atom. The third kappa shape index (κ3) is 4.88. The van der Waals surface area contributed by atoms with Crippen molar-refractivity contribution in [3.8, 4) is 17.6 Å². The first-order valence-corrected chi connectivity index (χ1v) is 7.33. The molecule has 1 aromatic carbocycles. The van der Waals surface area contributed by atoms with Gasteiger partial charge in [0.25, 0.3) is 0 Å². The van der Waals surface area contributed by atoms with E-state index in [2.05, 4.69) is 23.7 Å². The van der Waals surface area contributed by atoms with Crippen LogP contribution in [0.15, 0.2) is 24.3 Å². The number of nitrogens with zero attached hydrogens (tertiary/aromatic N) is 1. The Hall–Kier alpha value is -1.50. The molecule has 1 atom stereocenters. The number of aliphatic hydroxyl groups is 1. The second kappa shape index (κ2) is 7.94. The predicted octanol–water partition coefficient (Wildman–Crippen LogP) is 2.14. The van der Waals surface area contributed by atoms with Gasteiger partial charge in [0.05, 0.1) is 0 Å². The average Bonchev–Trinajstić information content (AvgIpc) is 2.46. The highest BCUT2D eigenvalue weighted by Crippen LogP contribution is 2.16. The van der Waals surface area contributed by atoms with Crippen molar-refractivity contribution < 1.29 is 9.84 Å². The topological polar surface area (TPSA) is 32.7 Å². The monoisotopic (exact) mass is 273 g/mol. The molecule has 0 radical (unpaired) electrons. The Morgan fingerprint density at radius 1 is 1.45 bits per heavy atom. The fourth-order valence-corrected chi connectivity index (χ4v) is 2.59. The standard InChI is InChI=1S/C17H23NO2/c1-15-5-3-9-18(14-15)10-12-20-17-8-2-6-16(13-17)7-4-11-19/h2,6,8,13,15,19H,3,5,9-12,14H2,1H3. The third-order valence-electron chi connectivity index (χ3n) is 3.56. The van der Waals surface area contributed by atoms with Gasteiger partial charge in [0.2, 0.25) is 0 Å². The van der Waals surface area contributed by atoms with Gasteiger partial charge < -0.3 is 9.84 Å². The van der Waals surface area contributed by atoms with Crippen molar-refractivity contribution in [1.29, 1.82) is 0 Å². The maximum absolute atomic E-state index is 8.69. The third-order valence-corrected chi connectivity index (χ3v) is 3.56. The van der Waals surface area contributed by atoms with Gasteiger partial charge in [0, 0.05) is 18.7 Å². The molecule has 108 valence electrons. The van der Waals surface area contributed by atoms with E-state index in [4.69, 9.17) is 9.84 Å². The van der Waals surface area contributed by atoms with Crippen LogP contribution in [-0.4, -0.2) is 42.9 Å². The van der Waals surface area contributed by atoms with Crippen molar-refractivity contribution >= 4 is 0 Å². The summed E-state index contributed by atoms with van der Waals surface area (Å²) in [6.45, 7) is 6.27. The number of hydrogen-bond acceptors (Lipinski definition) is 3. The van der Waals surface area contributed by atoms with Gasteiger partial charge in [-0.05, 0) is 43.5 Å². The van der Waals surface area contributed by atoms with Crippen LogP contribution in [0.4, 0.5) is 0 Å². The Kier molecular flexibility index (Phi) is 5.91. The molecule has 2 rings (SSSR count). The summed E-state index contributed by atoms with van der Waals surface area (Å²) in [5.41, 5.74) is 0.878.